The molecular weight excluding hydrogens is 362 g/mol. The molecule has 0 fully saturated rings. The molecule has 3 rings (SSSR count). The molecule has 1 aromatic heterocycles. The minimum Gasteiger partial charge on any atom is -0.345 e. The third-order valence-corrected chi connectivity index (χ3v) is 4.04. The topological polar surface area (TPSA) is 121 Å². The average molecular weight is 377 g/mol. The fourth-order valence-corrected chi connectivity index (χ4v) is 2.58. The van der Waals surface area contributed by atoms with Crippen molar-refractivity contribution >= 4 is 17.2 Å². The summed E-state index contributed by atoms with van der Waals surface area (Å²) < 4.78 is 0. The molecule has 0 saturated heterocycles. The summed E-state index contributed by atoms with van der Waals surface area (Å²) in [6.07, 6.45) is 1.66. The van der Waals surface area contributed by atoms with Crippen molar-refractivity contribution in [2.75, 3.05) is 10.6 Å². The molecule has 0 unspecified atom stereocenters. The summed E-state index contributed by atoms with van der Waals surface area (Å²) in [5.74, 6) is 1.15. The van der Waals surface area contributed by atoms with E-state index in [2.05, 4.69) is 20.6 Å². The highest BCUT2D eigenvalue weighted by molar-refractivity contribution is 5.68. The van der Waals surface area contributed by atoms with Crippen molar-refractivity contribution in [2.24, 2.45) is 0 Å². The van der Waals surface area contributed by atoms with Gasteiger partial charge in [-0.3, -0.25) is 0 Å². The maximum absolute atomic E-state index is 9.20. The van der Waals surface area contributed by atoms with Crippen molar-refractivity contribution in [1.29, 1.82) is 15.8 Å². The van der Waals surface area contributed by atoms with Crippen molar-refractivity contribution in [3.63, 3.8) is 0 Å². The van der Waals surface area contributed by atoms with Crippen molar-refractivity contribution < 1.29 is 0 Å². The number of anilines is 3. The second-order valence-electron chi connectivity index (χ2n) is 6.00. The lowest BCUT2D eigenvalue weighted by atomic mass is 10.1. The first-order valence-electron chi connectivity index (χ1n) is 8.62. The standard InChI is InChI=1S/C22H15N7/c1-15-5-2-3-8-19(15)28-21-9-10-26-22(29-21)16-6-4-7-18(11-16)27-20(14-25)17(12-23)13-24/h2-11,27H,1H3,(H,26,28,29). The minimum atomic E-state index is -0.279. The number of aryl methyl sites for hydroxylation is 1. The predicted octanol–water partition coefficient (Wildman–Crippen LogP) is 4.43. The van der Waals surface area contributed by atoms with Gasteiger partial charge in [-0.2, -0.15) is 15.8 Å². The third-order valence-electron chi connectivity index (χ3n) is 4.04. The van der Waals surface area contributed by atoms with Crippen LogP contribution in [-0.2, 0) is 0 Å². The summed E-state index contributed by atoms with van der Waals surface area (Å²) in [5, 5.41) is 33.2. The number of para-hydroxylation sites is 1. The van der Waals surface area contributed by atoms with Gasteiger partial charge in [0.15, 0.2) is 11.4 Å². The van der Waals surface area contributed by atoms with E-state index < -0.39 is 0 Å². The summed E-state index contributed by atoms with van der Waals surface area (Å²) in [6, 6.07) is 22.0. The Hall–Kier alpha value is -4.67. The van der Waals surface area contributed by atoms with E-state index in [9.17, 15) is 5.26 Å². The zero-order chi connectivity index (χ0) is 20.6. The van der Waals surface area contributed by atoms with E-state index >= 15 is 0 Å². The summed E-state index contributed by atoms with van der Waals surface area (Å²) in [5.41, 5.74) is 2.93. The van der Waals surface area contributed by atoms with Crippen LogP contribution in [0.15, 0.2) is 72.1 Å². The SMILES string of the molecule is Cc1ccccc1Nc1ccnc(-c2cccc(NC(C#N)=C(C#N)C#N)c2)n1. The molecular formula is C22H15N7. The summed E-state index contributed by atoms with van der Waals surface area (Å²) in [7, 11) is 0. The van der Waals surface area contributed by atoms with Gasteiger partial charge < -0.3 is 10.6 Å². The van der Waals surface area contributed by atoms with E-state index in [4.69, 9.17) is 10.5 Å². The first-order chi connectivity index (χ1) is 14.1. The first-order valence-corrected chi connectivity index (χ1v) is 8.62. The van der Waals surface area contributed by atoms with Gasteiger partial charge >= 0.3 is 0 Å². The summed E-state index contributed by atoms with van der Waals surface area (Å²) in [4.78, 5) is 8.88. The van der Waals surface area contributed by atoms with E-state index in [1.165, 1.54) is 0 Å². The van der Waals surface area contributed by atoms with Crippen molar-refractivity contribution in [1.82, 2.24) is 9.97 Å². The molecule has 0 bridgehead atoms. The molecule has 2 aromatic carbocycles. The maximum atomic E-state index is 9.20. The smallest absolute Gasteiger partial charge is 0.163 e. The Bertz CT molecular complexity index is 1190. The lowest BCUT2D eigenvalue weighted by Gasteiger charge is -2.10. The Balaban J connectivity index is 1.89. The van der Waals surface area contributed by atoms with Gasteiger partial charge in [0.2, 0.25) is 0 Å². The van der Waals surface area contributed by atoms with Crippen LogP contribution in [0, 0.1) is 40.9 Å². The molecule has 3 aromatic rings. The van der Waals surface area contributed by atoms with E-state index in [1.54, 1.807) is 42.6 Å². The molecule has 0 amide bonds. The molecule has 0 spiro atoms. The van der Waals surface area contributed by atoms with Gasteiger partial charge in [0.25, 0.3) is 0 Å². The highest BCUT2D eigenvalue weighted by atomic mass is 15.0. The number of nitriles is 3. The fraction of sp³-hybridized carbons (Fsp3) is 0.0455. The summed E-state index contributed by atoms with van der Waals surface area (Å²) >= 11 is 0. The van der Waals surface area contributed by atoms with Crippen LogP contribution in [0.1, 0.15) is 5.56 Å². The Morgan fingerprint density at radius 1 is 0.931 bits per heavy atom. The molecule has 2 N–H and O–H groups in total. The highest BCUT2D eigenvalue weighted by Gasteiger charge is 2.09. The Morgan fingerprint density at radius 3 is 2.45 bits per heavy atom. The van der Waals surface area contributed by atoms with Crippen LogP contribution < -0.4 is 10.6 Å². The number of allylic oxidation sites excluding steroid dienone is 2. The average Bonchev–Trinajstić information content (AvgIpc) is 2.76. The van der Waals surface area contributed by atoms with Gasteiger partial charge in [0.05, 0.1) is 0 Å². The van der Waals surface area contributed by atoms with E-state index in [1.807, 2.05) is 43.3 Å². The molecule has 0 radical (unpaired) electrons. The second kappa shape index (κ2) is 8.81. The number of rotatable bonds is 5. The molecule has 7 heteroatoms. The molecule has 29 heavy (non-hydrogen) atoms. The van der Waals surface area contributed by atoms with E-state index in [0.717, 1.165) is 16.8 Å². The predicted molar refractivity (Wildman–Crippen MR) is 109 cm³/mol. The number of aromatic nitrogens is 2. The van der Waals surface area contributed by atoms with Gasteiger partial charge in [-0.05, 0) is 36.8 Å². The van der Waals surface area contributed by atoms with Crippen LogP contribution in [-0.4, -0.2) is 9.97 Å². The number of nitrogens with zero attached hydrogens (tertiary/aromatic N) is 5. The van der Waals surface area contributed by atoms with Gasteiger partial charge in [-0.1, -0.05) is 30.3 Å². The Kier molecular flexibility index (Phi) is 5.81. The molecule has 0 aliphatic carbocycles. The van der Waals surface area contributed by atoms with Gasteiger partial charge in [-0.15, -0.1) is 0 Å². The third kappa shape index (κ3) is 4.54. The first kappa shape index (κ1) is 19.1. The van der Waals surface area contributed by atoms with Crippen molar-refractivity contribution in [2.45, 2.75) is 6.92 Å². The lowest BCUT2D eigenvalue weighted by molar-refractivity contribution is 1.17. The quantitative estimate of drug-likeness (QED) is 0.631. The van der Waals surface area contributed by atoms with Crippen LogP contribution in [0.4, 0.5) is 17.2 Å². The molecule has 0 saturated carbocycles. The van der Waals surface area contributed by atoms with Crippen LogP contribution in [0.25, 0.3) is 11.4 Å². The number of hydrogen-bond acceptors (Lipinski definition) is 7. The maximum Gasteiger partial charge on any atom is 0.163 e. The van der Waals surface area contributed by atoms with Crippen LogP contribution in [0.2, 0.25) is 0 Å². The molecule has 0 atom stereocenters. The van der Waals surface area contributed by atoms with E-state index in [0.29, 0.717) is 17.3 Å². The lowest BCUT2D eigenvalue weighted by Crippen LogP contribution is -2.01. The van der Waals surface area contributed by atoms with Gasteiger partial charge in [0, 0.05) is 23.1 Å². The number of nitrogens with one attached hydrogen (secondary N) is 2. The van der Waals surface area contributed by atoms with Gasteiger partial charge in [0.1, 0.15) is 29.7 Å². The highest BCUT2D eigenvalue weighted by Crippen LogP contribution is 2.24. The molecule has 0 aliphatic heterocycles. The molecule has 0 aliphatic rings. The van der Waals surface area contributed by atoms with Crippen LogP contribution in [0.3, 0.4) is 0 Å². The fourth-order valence-electron chi connectivity index (χ4n) is 2.58. The molecule has 7 nitrogen and oxygen atoms in total. The monoisotopic (exact) mass is 377 g/mol. The largest absolute Gasteiger partial charge is 0.345 e. The normalized spacial score (nSPS) is 9.45. The number of benzene rings is 2. The zero-order valence-corrected chi connectivity index (χ0v) is 15.5. The Morgan fingerprint density at radius 2 is 1.72 bits per heavy atom. The second-order valence-corrected chi connectivity index (χ2v) is 6.00. The van der Waals surface area contributed by atoms with Crippen LogP contribution in [0.5, 0.6) is 0 Å². The summed E-state index contributed by atoms with van der Waals surface area (Å²) in [6.45, 7) is 2.01. The molecule has 1 heterocycles. The van der Waals surface area contributed by atoms with Crippen molar-refractivity contribution in [3.05, 3.63) is 77.6 Å². The Labute approximate surface area is 168 Å². The van der Waals surface area contributed by atoms with Crippen LogP contribution >= 0.6 is 0 Å². The van der Waals surface area contributed by atoms with Gasteiger partial charge in [-0.25, -0.2) is 9.97 Å². The minimum absolute atomic E-state index is 0.108. The van der Waals surface area contributed by atoms with Crippen molar-refractivity contribution in [3.8, 4) is 29.6 Å². The number of hydrogen-bond donors (Lipinski definition) is 2. The zero-order valence-electron chi connectivity index (χ0n) is 15.5. The molecule has 138 valence electrons. The van der Waals surface area contributed by atoms with E-state index in [-0.39, 0.29) is 11.3 Å².